The second-order valence-corrected chi connectivity index (χ2v) is 3.95. The second kappa shape index (κ2) is 5.26. The van der Waals surface area contributed by atoms with E-state index in [2.05, 4.69) is 10.3 Å². The molecule has 1 N–H and O–H groups in total. The zero-order chi connectivity index (χ0) is 13.8. The van der Waals surface area contributed by atoms with Crippen LogP contribution < -0.4 is 5.32 Å². The van der Waals surface area contributed by atoms with E-state index in [4.69, 9.17) is 0 Å². The molecule has 0 bridgehead atoms. The number of aromatic nitrogens is 1. The largest absolute Gasteiger partial charge is 0.321 e. The quantitative estimate of drug-likeness (QED) is 0.676. The van der Waals surface area contributed by atoms with Crippen LogP contribution in [0.5, 0.6) is 0 Å². The third-order valence-electron chi connectivity index (χ3n) is 2.60. The lowest BCUT2D eigenvalue weighted by Gasteiger charge is -2.07. The van der Waals surface area contributed by atoms with Gasteiger partial charge in [0, 0.05) is 23.9 Å². The molecule has 0 fully saturated rings. The Bertz CT molecular complexity index is 626. The summed E-state index contributed by atoms with van der Waals surface area (Å²) < 4.78 is 0. The van der Waals surface area contributed by atoms with Crippen molar-refractivity contribution in [3.63, 3.8) is 0 Å². The number of nitrogens with zero attached hydrogens (tertiary/aromatic N) is 2. The Morgan fingerprint density at radius 2 is 2.16 bits per heavy atom. The highest BCUT2D eigenvalue weighted by Crippen LogP contribution is 2.18. The van der Waals surface area contributed by atoms with Crippen LogP contribution in [0.3, 0.4) is 0 Å². The zero-order valence-electron chi connectivity index (χ0n) is 10.2. The van der Waals surface area contributed by atoms with E-state index in [1.165, 1.54) is 18.3 Å². The number of hydrogen-bond donors (Lipinski definition) is 1. The highest BCUT2D eigenvalue weighted by Gasteiger charge is 2.14. The molecule has 6 heteroatoms. The fourth-order valence-electron chi connectivity index (χ4n) is 1.60. The van der Waals surface area contributed by atoms with Crippen LogP contribution in [-0.4, -0.2) is 15.8 Å². The standard InChI is InChI=1S/C13H11N3O3/c1-9-4-5-11(16(18)19)7-12(9)13(17)15-10-3-2-6-14-8-10/h2-8H,1H3,(H,15,17). The van der Waals surface area contributed by atoms with Crippen molar-refractivity contribution in [1.29, 1.82) is 0 Å². The maximum absolute atomic E-state index is 12.0. The van der Waals surface area contributed by atoms with Crippen LogP contribution in [0, 0.1) is 17.0 Å². The minimum atomic E-state index is -0.527. The van der Waals surface area contributed by atoms with E-state index in [0.717, 1.165) is 0 Å². The Morgan fingerprint density at radius 3 is 2.79 bits per heavy atom. The monoisotopic (exact) mass is 257 g/mol. The molecule has 0 saturated carbocycles. The highest BCUT2D eigenvalue weighted by molar-refractivity contribution is 6.05. The molecule has 96 valence electrons. The van der Waals surface area contributed by atoms with Crippen LogP contribution in [0.2, 0.25) is 0 Å². The molecule has 19 heavy (non-hydrogen) atoms. The van der Waals surface area contributed by atoms with Gasteiger partial charge in [-0.05, 0) is 24.6 Å². The van der Waals surface area contributed by atoms with Gasteiger partial charge in [-0.3, -0.25) is 19.9 Å². The first-order valence-electron chi connectivity index (χ1n) is 5.54. The van der Waals surface area contributed by atoms with Crippen LogP contribution in [0.15, 0.2) is 42.7 Å². The van der Waals surface area contributed by atoms with Gasteiger partial charge in [-0.25, -0.2) is 0 Å². The molecule has 0 aliphatic rings. The predicted octanol–water partition coefficient (Wildman–Crippen LogP) is 2.55. The molecular weight excluding hydrogens is 246 g/mol. The van der Waals surface area contributed by atoms with Gasteiger partial charge in [-0.2, -0.15) is 0 Å². The summed E-state index contributed by atoms with van der Waals surface area (Å²) in [4.78, 5) is 26.1. The van der Waals surface area contributed by atoms with Gasteiger partial charge in [0.2, 0.25) is 0 Å². The maximum Gasteiger partial charge on any atom is 0.270 e. The minimum Gasteiger partial charge on any atom is -0.321 e. The number of nitrogens with one attached hydrogen (secondary N) is 1. The van der Waals surface area contributed by atoms with E-state index in [-0.39, 0.29) is 11.3 Å². The molecule has 1 amide bonds. The van der Waals surface area contributed by atoms with Crippen LogP contribution >= 0.6 is 0 Å². The lowest BCUT2D eigenvalue weighted by Crippen LogP contribution is -2.13. The van der Waals surface area contributed by atoms with E-state index >= 15 is 0 Å². The van der Waals surface area contributed by atoms with Gasteiger partial charge in [0.1, 0.15) is 0 Å². The van der Waals surface area contributed by atoms with Crippen LogP contribution in [0.1, 0.15) is 15.9 Å². The van der Waals surface area contributed by atoms with Gasteiger partial charge in [-0.15, -0.1) is 0 Å². The van der Waals surface area contributed by atoms with Gasteiger partial charge < -0.3 is 5.32 Å². The molecule has 2 aromatic rings. The van der Waals surface area contributed by atoms with Gasteiger partial charge >= 0.3 is 0 Å². The molecular formula is C13H11N3O3. The number of non-ortho nitro benzene ring substituents is 1. The van der Waals surface area contributed by atoms with Crippen molar-refractivity contribution >= 4 is 17.3 Å². The first-order valence-corrected chi connectivity index (χ1v) is 5.54. The Labute approximate surface area is 109 Å². The topological polar surface area (TPSA) is 85.1 Å². The van der Waals surface area contributed by atoms with Gasteiger partial charge in [0.05, 0.1) is 16.8 Å². The van der Waals surface area contributed by atoms with Crippen molar-refractivity contribution in [2.75, 3.05) is 5.32 Å². The minimum absolute atomic E-state index is 0.109. The summed E-state index contributed by atoms with van der Waals surface area (Å²) in [5, 5.41) is 13.4. The molecule has 0 saturated heterocycles. The number of aryl methyl sites for hydroxylation is 1. The summed E-state index contributed by atoms with van der Waals surface area (Å²) >= 11 is 0. The van der Waals surface area contributed by atoms with E-state index in [1.807, 2.05) is 0 Å². The molecule has 0 radical (unpaired) electrons. The number of nitro benzene ring substituents is 1. The number of benzene rings is 1. The van der Waals surface area contributed by atoms with Crippen molar-refractivity contribution in [2.24, 2.45) is 0 Å². The lowest BCUT2D eigenvalue weighted by atomic mass is 10.1. The average Bonchev–Trinajstić information content (AvgIpc) is 2.40. The van der Waals surface area contributed by atoms with E-state index in [1.54, 1.807) is 31.3 Å². The number of anilines is 1. The van der Waals surface area contributed by atoms with Crippen LogP contribution in [-0.2, 0) is 0 Å². The van der Waals surface area contributed by atoms with E-state index in [0.29, 0.717) is 11.3 Å². The second-order valence-electron chi connectivity index (χ2n) is 3.95. The van der Waals surface area contributed by atoms with Crippen molar-refractivity contribution in [2.45, 2.75) is 6.92 Å². The molecule has 1 aromatic heterocycles. The Kier molecular flexibility index (Phi) is 3.51. The summed E-state index contributed by atoms with van der Waals surface area (Å²) in [6, 6.07) is 7.57. The average molecular weight is 257 g/mol. The zero-order valence-corrected chi connectivity index (χ0v) is 10.2. The van der Waals surface area contributed by atoms with E-state index < -0.39 is 10.8 Å². The van der Waals surface area contributed by atoms with Crippen molar-refractivity contribution in [3.8, 4) is 0 Å². The number of amides is 1. The Hall–Kier alpha value is -2.76. The van der Waals surface area contributed by atoms with Crippen molar-refractivity contribution < 1.29 is 9.72 Å². The summed E-state index contributed by atoms with van der Waals surface area (Å²) in [6.07, 6.45) is 3.10. The molecule has 6 nitrogen and oxygen atoms in total. The molecule has 0 aliphatic heterocycles. The number of rotatable bonds is 3. The first kappa shape index (κ1) is 12.7. The number of carbonyl (C=O) groups excluding carboxylic acids is 1. The predicted molar refractivity (Wildman–Crippen MR) is 70.0 cm³/mol. The molecule has 0 spiro atoms. The molecule has 0 unspecified atom stereocenters. The Balaban J connectivity index is 2.28. The third kappa shape index (κ3) is 2.92. The fraction of sp³-hybridized carbons (Fsp3) is 0.0769. The number of hydrogen-bond acceptors (Lipinski definition) is 4. The van der Waals surface area contributed by atoms with Gasteiger partial charge in [0.25, 0.3) is 11.6 Å². The van der Waals surface area contributed by atoms with Crippen molar-refractivity contribution in [3.05, 3.63) is 64.0 Å². The number of nitro groups is 1. The molecule has 2 rings (SSSR count). The summed E-state index contributed by atoms with van der Waals surface area (Å²) in [6.45, 7) is 1.72. The normalized spacial score (nSPS) is 9.95. The molecule has 0 atom stereocenters. The SMILES string of the molecule is Cc1ccc([N+](=O)[O-])cc1C(=O)Nc1cccnc1. The van der Waals surface area contributed by atoms with E-state index in [9.17, 15) is 14.9 Å². The van der Waals surface area contributed by atoms with Crippen LogP contribution in [0.4, 0.5) is 11.4 Å². The lowest BCUT2D eigenvalue weighted by molar-refractivity contribution is -0.384. The summed E-state index contributed by atoms with van der Waals surface area (Å²) in [5.74, 6) is -0.394. The smallest absolute Gasteiger partial charge is 0.270 e. The first-order chi connectivity index (χ1) is 9.08. The van der Waals surface area contributed by atoms with Gasteiger partial charge in [-0.1, -0.05) is 6.07 Å². The van der Waals surface area contributed by atoms with Gasteiger partial charge in [0.15, 0.2) is 0 Å². The van der Waals surface area contributed by atoms with Crippen LogP contribution in [0.25, 0.3) is 0 Å². The van der Waals surface area contributed by atoms with Crippen molar-refractivity contribution in [1.82, 2.24) is 4.98 Å². The number of pyridine rings is 1. The fourth-order valence-corrected chi connectivity index (χ4v) is 1.60. The molecule has 0 aliphatic carbocycles. The molecule has 1 aromatic carbocycles. The third-order valence-corrected chi connectivity index (χ3v) is 2.60. The number of carbonyl (C=O) groups is 1. The Morgan fingerprint density at radius 1 is 1.37 bits per heavy atom. The molecule has 1 heterocycles. The summed E-state index contributed by atoms with van der Waals surface area (Å²) in [5.41, 5.74) is 1.38. The highest BCUT2D eigenvalue weighted by atomic mass is 16.6. The summed E-state index contributed by atoms with van der Waals surface area (Å²) in [7, 11) is 0. The maximum atomic E-state index is 12.0.